The number of hydrogen-bond acceptors (Lipinski definition) is 6. The standard InChI is InChI=1S/C20H24N2O5/c1-6-16(13-7-9-15(24-2)10-8-13)21-22-20(23)14-11-17(25-3)19(27-5)18(12-14)26-4/h7-12H,6H2,1-5H3,(H,22,23). The van der Waals surface area contributed by atoms with E-state index in [0.29, 0.717) is 29.2 Å². The van der Waals surface area contributed by atoms with Crippen LogP contribution in [0, 0.1) is 0 Å². The molecule has 0 spiro atoms. The predicted molar refractivity (Wildman–Crippen MR) is 103 cm³/mol. The Kier molecular flexibility index (Phi) is 7.05. The number of ether oxygens (including phenoxy) is 4. The van der Waals surface area contributed by atoms with E-state index < -0.39 is 0 Å². The van der Waals surface area contributed by atoms with Gasteiger partial charge in [0.25, 0.3) is 5.91 Å². The number of carbonyl (C=O) groups excluding carboxylic acids is 1. The first-order valence-electron chi connectivity index (χ1n) is 8.39. The van der Waals surface area contributed by atoms with Crippen LogP contribution in [-0.4, -0.2) is 40.1 Å². The summed E-state index contributed by atoms with van der Waals surface area (Å²) in [5.74, 6) is 1.60. The second-order valence-electron chi connectivity index (χ2n) is 5.50. The second kappa shape index (κ2) is 9.47. The third kappa shape index (κ3) is 4.69. The molecule has 2 rings (SSSR count). The van der Waals surface area contributed by atoms with Gasteiger partial charge in [-0.15, -0.1) is 0 Å². The van der Waals surface area contributed by atoms with Gasteiger partial charge in [0.1, 0.15) is 5.75 Å². The number of methoxy groups -OCH3 is 4. The van der Waals surface area contributed by atoms with E-state index in [4.69, 9.17) is 18.9 Å². The van der Waals surface area contributed by atoms with E-state index in [1.165, 1.54) is 21.3 Å². The Hall–Kier alpha value is -3.22. The highest BCUT2D eigenvalue weighted by Crippen LogP contribution is 2.38. The van der Waals surface area contributed by atoms with Gasteiger partial charge in [0.05, 0.1) is 34.2 Å². The summed E-state index contributed by atoms with van der Waals surface area (Å²) in [6, 6.07) is 10.6. The molecule has 0 unspecified atom stereocenters. The molecule has 0 atom stereocenters. The summed E-state index contributed by atoms with van der Waals surface area (Å²) in [4.78, 5) is 12.5. The lowest BCUT2D eigenvalue weighted by Gasteiger charge is -2.13. The largest absolute Gasteiger partial charge is 0.497 e. The van der Waals surface area contributed by atoms with E-state index in [0.717, 1.165) is 17.0 Å². The Bertz CT molecular complexity index is 791. The van der Waals surface area contributed by atoms with Gasteiger partial charge in [0.2, 0.25) is 5.75 Å². The van der Waals surface area contributed by atoms with Crippen LogP contribution in [0.3, 0.4) is 0 Å². The molecule has 0 saturated heterocycles. The first-order chi connectivity index (χ1) is 13.1. The van der Waals surface area contributed by atoms with Gasteiger partial charge in [0, 0.05) is 5.56 Å². The summed E-state index contributed by atoms with van der Waals surface area (Å²) in [5.41, 5.74) is 4.58. The van der Waals surface area contributed by atoms with Crippen molar-refractivity contribution in [2.45, 2.75) is 13.3 Å². The molecule has 2 aromatic carbocycles. The number of hydrogen-bond donors (Lipinski definition) is 1. The lowest BCUT2D eigenvalue weighted by atomic mass is 10.1. The normalized spacial score (nSPS) is 10.9. The number of benzene rings is 2. The van der Waals surface area contributed by atoms with Crippen molar-refractivity contribution in [2.24, 2.45) is 5.10 Å². The molecule has 1 N–H and O–H groups in total. The maximum absolute atomic E-state index is 12.5. The zero-order valence-corrected chi connectivity index (χ0v) is 16.2. The third-order valence-corrected chi connectivity index (χ3v) is 3.98. The average molecular weight is 372 g/mol. The maximum Gasteiger partial charge on any atom is 0.271 e. The minimum absolute atomic E-state index is 0.346. The van der Waals surface area contributed by atoms with Crippen molar-refractivity contribution in [2.75, 3.05) is 28.4 Å². The lowest BCUT2D eigenvalue weighted by molar-refractivity contribution is 0.0954. The fraction of sp³-hybridized carbons (Fsp3) is 0.300. The molecule has 0 aliphatic heterocycles. The van der Waals surface area contributed by atoms with Gasteiger partial charge >= 0.3 is 0 Å². The number of nitrogens with zero attached hydrogens (tertiary/aromatic N) is 1. The van der Waals surface area contributed by atoms with Crippen LogP contribution in [0.2, 0.25) is 0 Å². The molecule has 0 radical (unpaired) electrons. The molecule has 0 heterocycles. The molecule has 0 bridgehead atoms. The number of nitrogens with one attached hydrogen (secondary N) is 1. The zero-order chi connectivity index (χ0) is 19.8. The minimum Gasteiger partial charge on any atom is -0.497 e. The molecule has 7 heteroatoms. The third-order valence-electron chi connectivity index (χ3n) is 3.98. The first kappa shape index (κ1) is 20.1. The molecular weight excluding hydrogens is 348 g/mol. The molecule has 144 valence electrons. The Morgan fingerprint density at radius 2 is 1.48 bits per heavy atom. The number of rotatable bonds is 8. The number of carbonyl (C=O) groups is 1. The van der Waals surface area contributed by atoms with Crippen LogP contribution in [0.4, 0.5) is 0 Å². The highest BCUT2D eigenvalue weighted by atomic mass is 16.5. The Morgan fingerprint density at radius 3 is 1.93 bits per heavy atom. The van der Waals surface area contributed by atoms with E-state index in [9.17, 15) is 4.79 Å². The van der Waals surface area contributed by atoms with Crippen LogP contribution in [0.1, 0.15) is 29.3 Å². The molecule has 0 aromatic heterocycles. The van der Waals surface area contributed by atoms with Crippen LogP contribution < -0.4 is 24.4 Å². The van der Waals surface area contributed by atoms with Gasteiger partial charge < -0.3 is 18.9 Å². The molecule has 7 nitrogen and oxygen atoms in total. The van der Waals surface area contributed by atoms with Crippen LogP contribution in [0.5, 0.6) is 23.0 Å². The molecule has 27 heavy (non-hydrogen) atoms. The summed E-state index contributed by atoms with van der Waals surface area (Å²) in [6.45, 7) is 1.97. The van der Waals surface area contributed by atoms with E-state index in [2.05, 4.69) is 10.5 Å². The zero-order valence-electron chi connectivity index (χ0n) is 16.2. The van der Waals surface area contributed by atoms with Crippen molar-refractivity contribution >= 4 is 11.6 Å². The van der Waals surface area contributed by atoms with E-state index in [-0.39, 0.29) is 5.91 Å². The lowest BCUT2D eigenvalue weighted by Crippen LogP contribution is -2.20. The first-order valence-corrected chi connectivity index (χ1v) is 8.39. The van der Waals surface area contributed by atoms with E-state index in [1.807, 2.05) is 31.2 Å². The molecule has 1 amide bonds. The average Bonchev–Trinajstić information content (AvgIpc) is 2.73. The van der Waals surface area contributed by atoms with Crippen LogP contribution in [0.15, 0.2) is 41.5 Å². The Morgan fingerprint density at radius 1 is 0.889 bits per heavy atom. The summed E-state index contributed by atoms with van der Waals surface area (Å²) < 4.78 is 21.0. The van der Waals surface area contributed by atoms with Crippen LogP contribution >= 0.6 is 0 Å². The van der Waals surface area contributed by atoms with Crippen molar-refractivity contribution in [3.8, 4) is 23.0 Å². The maximum atomic E-state index is 12.5. The summed E-state index contributed by atoms with van der Waals surface area (Å²) in [7, 11) is 6.11. The van der Waals surface area contributed by atoms with Crippen molar-refractivity contribution < 1.29 is 23.7 Å². The topological polar surface area (TPSA) is 78.4 Å². The number of hydrazone groups is 1. The fourth-order valence-corrected chi connectivity index (χ4v) is 2.53. The molecule has 2 aromatic rings. The van der Waals surface area contributed by atoms with Crippen molar-refractivity contribution in [1.82, 2.24) is 5.43 Å². The Balaban J connectivity index is 2.25. The van der Waals surface area contributed by atoms with Gasteiger partial charge in [-0.2, -0.15) is 5.10 Å². The van der Waals surface area contributed by atoms with E-state index in [1.54, 1.807) is 19.2 Å². The van der Waals surface area contributed by atoms with Gasteiger partial charge in [-0.05, 0) is 48.4 Å². The predicted octanol–water partition coefficient (Wildman–Crippen LogP) is 3.27. The van der Waals surface area contributed by atoms with Gasteiger partial charge in [0.15, 0.2) is 11.5 Å². The molecule has 0 aliphatic carbocycles. The summed E-state index contributed by atoms with van der Waals surface area (Å²) in [6.07, 6.45) is 0.655. The highest BCUT2D eigenvalue weighted by molar-refractivity contribution is 6.02. The quantitative estimate of drug-likeness (QED) is 0.568. The molecule has 0 saturated carbocycles. The summed E-state index contributed by atoms with van der Waals surface area (Å²) >= 11 is 0. The Labute approximate surface area is 158 Å². The highest BCUT2D eigenvalue weighted by Gasteiger charge is 2.17. The van der Waals surface area contributed by atoms with Gasteiger partial charge in [-0.1, -0.05) is 6.92 Å². The fourth-order valence-electron chi connectivity index (χ4n) is 2.53. The van der Waals surface area contributed by atoms with Crippen LogP contribution in [0.25, 0.3) is 0 Å². The summed E-state index contributed by atoms with van der Waals surface area (Å²) in [5, 5.41) is 4.26. The SMILES string of the molecule is CCC(=NNC(=O)c1cc(OC)c(OC)c(OC)c1)c1ccc(OC)cc1. The molecular formula is C20H24N2O5. The monoisotopic (exact) mass is 372 g/mol. The smallest absolute Gasteiger partial charge is 0.271 e. The molecule has 0 fully saturated rings. The van der Waals surface area contributed by atoms with Crippen molar-refractivity contribution in [3.05, 3.63) is 47.5 Å². The van der Waals surface area contributed by atoms with Crippen LogP contribution in [-0.2, 0) is 0 Å². The van der Waals surface area contributed by atoms with E-state index >= 15 is 0 Å². The van der Waals surface area contributed by atoms with Crippen molar-refractivity contribution in [1.29, 1.82) is 0 Å². The minimum atomic E-state index is -0.381. The van der Waals surface area contributed by atoms with Gasteiger partial charge in [-0.25, -0.2) is 5.43 Å². The van der Waals surface area contributed by atoms with Gasteiger partial charge in [-0.3, -0.25) is 4.79 Å². The second-order valence-corrected chi connectivity index (χ2v) is 5.50. The number of amides is 1. The van der Waals surface area contributed by atoms with Crippen molar-refractivity contribution in [3.63, 3.8) is 0 Å². The molecule has 0 aliphatic rings.